The van der Waals surface area contributed by atoms with Crippen molar-refractivity contribution in [1.29, 1.82) is 0 Å². The van der Waals surface area contributed by atoms with Crippen LogP contribution in [0.25, 0.3) is 0 Å². The van der Waals surface area contributed by atoms with E-state index in [-0.39, 0.29) is 16.6 Å². The third-order valence-corrected chi connectivity index (χ3v) is 4.53. The van der Waals surface area contributed by atoms with Crippen LogP contribution >= 0.6 is 28.1 Å². The van der Waals surface area contributed by atoms with Crippen molar-refractivity contribution in [3.63, 3.8) is 0 Å². The van der Waals surface area contributed by atoms with E-state index in [1.165, 1.54) is 0 Å². The summed E-state index contributed by atoms with van der Waals surface area (Å²) < 4.78 is 11.3. The van der Waals surface area contributed by atoms with E-state index in [0.717, 1.165) is 4.47 Å². The molecule has 166 valence electrons. The molecule has 0 atom stereocenters. The van der Waals surface area contributed by atoms with Gasteiger partial charge in [-0.05, 0) is 69.4 Å². The minimum Gasteiger partial charge on any atom is -0.490 e. The van der Waals surface area contributed by atoms with Gasteiger partial charge in [-0.2, -0.15) is 0 Å². The van der Waals surface area contributed by atoms with Gasteiger partial charge in [0, 0.05) is 28.4 Å². The number of amides is 2. The van der Waals surface area contributed by atoms with Gasteiger partial charge in [-0.25, -0.2) is 0 Å². The first kappa shape index (κ1) is 24.8. The van der Waals surface area contributed by atoms with Crippen LogP contribution in [0.2, 0.25) is 0 Å². The van der Waals surface area contributed by atoms with E-state index in [9.17, 15) is 9.59 Å². The maximum atomic E-state index is 12.7. The van der Waals surface area contributed by atoms with E-state index in [1.54, 1.807) is 49.6 Å². The molecule has 0 saturated carbocycles. The van der Waals surface area contributed by atoms with E-state index in [4.69, 9.17) is 21.7 Å². The minimum absolute atomic E-state index is 0.0983. The first-order valence-electron chi connectivity index (χ1n) is 9.55. The largest absolute Gasteiger partial charge is 0.490 e. The number of thiocarbonyl (C=S) groups is 1. The highest BCUT2D eigenvalue weighted by Crippen LogP contribution is 2.23. The van der Waals surface area contributed by atoms with Gasteiger partial charge in [0.25, 0.3) is 11.8 Å². The quantitative estimate of drug-likeness (QED) is 0.385. The lowest BCUT2D eigenvalue weighted by molar-refractivity contribution is 0.0918. The molecular weight excluding hydrogens is 482 g/mol. The molecule has 0 aliphatic heterocycles. The normalized spacial score (nSPS) is 10.9. The number of hydrogen-bond acceptors (Lipinski definition) is 5. The second-order valence-corrected chi connectivity index (χ2v) is 9.00. The monoisotopic (exact) mass is 507 g/mol. The Kier molecular flexibility index (Phi) is 8.97. The van der Waals surface area contributed by atoms with Crippen LogP contribution in [0.4, 0.5) is 5.69 Å². The van der Waals surface area contributed by atoms with Gasteiger partial charge in [0.1, 0.15) is 12.4 Å². The molecule has 31 heavy (non-hydrogen) atoms. The minimum atomic E-state index is -0.423. The van der Waals surface area contributed by atoms with Gasteiger partial charge in [-0.15, -0.1) is 0 Å². The summed E-state index contributed by atoms with van der Waals surface area (Å²) in [5.41, 5.74) is 1.04. The summed E-state index contributed by atoms with van der Waals surface area (Å²) in [7, 11) is 1.57. The second kappa shape index (κ2) is 11.2. The number of nitrogens with one attached hydrogen (secondary N) is 3. The molecule has 0 bridgehead atoms. The predicted octanol–water partition coefficient (Wildman–Crippen LogP) is 4.13. The number of hydrogen-bond donors (Lipinski definition) is 3. The Labute approximate surface area is 196 Å². The van der Waals surface area contributed by atoms with Crippen LogP contribution < -0.4 is 20.7 Å². The highest BCUT2D eigenvalue weighted by atomic mass is 79.9. The van der Waals surface area contributed by atoms with Crippen LogP contribution in [0.5, 0.6) is 5.75 Å². The smallest absolute Gasteiger partial charge is 0.261 e. The van der Waals surface area contributed by atoms with Gasteiger partial charge >= 0.3 is 0 Å². The molecule has 2 rings (SSSR count). The Morgan fingerprint density at radius 3 is 2.48 bits per heavy atom. The zero-order chi connectivity index (χ0) is 23.0. The maximum Gasteiger partial charge on any atom is 0.261 e. The van der Waals surface area contributed by atoms with Crippen LogP contribution in [0.3, 0.4) is 0 Å². The van der Waals surface area contributed by atoms with Crippen LogP contribution in [-0.2, 0) is 4.74 Å². The standard InChI is InChI=1S/C22H26BrN3O4S/c1-22(2,3)26-19(27)14-6-5-7-16(12-14)24-21(31)25-20(28)17-13-15(23)8-9-18(17)30-11-10-29-4/h5-9,12-13H,10-11H2,1-4H3,(H,26,27)(H2,24,25,28,31). The van der Waals surface area contributed by atoms with Gasteiger partial charge < -0.3 is 20.1 Å². The third-order valence-electron chi connectivity index (χ3n) is 3.83. The van der Waals surface area contributed by atoms with Gasteiger partial charge in [-0.3, -0.25) is 14.9 Å². The van der Waals surface area contributed by atoms with Crippen molar-refractivity contribution >= 4 is 50.8 Å². The Balaban J connectivity index is 2.06. The van der Waals surface area contributed by atoms with Gasteiger partial charge in [0.2, 0.25) is 0 Å². The number of benzene rings is 2. The molecule has 0 aliphatic carbocycles. The van der Waals surface area contributed by atoms with E-state index < -0.39 is 5.91 Å². The highest BCUT2D eigenvalue weighted by Gasteiger charge is 2.17. The summed E-state index contributed by atoms with van der Waals surface area (Å²) in [6, 6.07) is 12.0. The summed E-state index contributed by atoms with van der Waals surface area (Å²) in [6.07, 6.45) is 0. The summed E-state index contributed by atoms with van der Waals surface area (Å²) in [5.74, 6) is -0.202. The summed E-state index contributed by atoms with van der Waals surface area (Å²) in [6.45, 7) is 6.44. The lowest BCUT2D eigenvalue weighted by Gasteiger charge is -2.20. The SMILES string of the molecule is COCCOc1ccc(Br)cc1C(=O)NC(=S)Nc1cccc(C(=O)NC(C)(C)C)c1. The van der Waals surface area contributed by atoms with Crippen molar-refractivity contribution in [3.05, 3.63) is 58.1 Å². The Hall–Kier alpha value is -2.49. The molecule has 0 aromatic heterocycles. The van der Waals surface area contributed by atoms with Gasteiger partial charge in [-0.1, -0.05) is 22.0 Å². The number of carbonyl (C=O) groups is 2. The fraction of sp³-hybridized carbons (Fsp3) is 0.318. The van der Waals surface area contributed by atoms with Crippen molar-refractivity contribution < 1.29 is 19.1 Å². The molecule has 0 fully saturated rings. The molecule has 2 aromatic carbocycles. The van der Waals surface area contributed by atoms with Crippen LogP contribution in [0.1, 0.15) is 41.5 Å². The lowest BCUT2D eigenvalue weighted by atomic mass is 10.1. The fourth-order valence-electron chi connectivity index (χ4n) is 2.52. The number of methoxy groups -OCH3 is 1. The number of ether oxygens (including phenoxy) is 2. The summed E-state index contributed by atoms with van der Waals surface area (Å²) in [5, 5.41) is 8.58. The average Bonchev–Trinajstić information content (AvgIpc) is 2.68. The van der Waals surface area contributed by atoms with Crippen LogP contribution in [-0.4, -0.2) is 42.8 Å². The first-order chi connectivity index (χ1) is 14.6. The molecule has 0 spiro atoms. The zero-order valence-corrected chi connectivity index (χ0v) is 20.3. The molecule has 7 nitrogen and oxygen atoms in total. The van der Waals surface area contributed by atoms with Crippen molar-refractivity contribution in [2.24, 2.45) is 0 Å². The number of anilines is 1. The third kappa shape index (κ3) is 8.28. The Bertz CT molecular complexity index is 960. The highest BCUT2D eigenvalue weighted by molar-refractivity contribution is 9.10. The van der Waals surface area contributed by atoms with Crippen molar-refractivity contribution in [2.75, 3.05) is 25.6 Å². The lowest BCUT2D eigenvalue weighted by Crippen LogP contribution is -2.40. The van der Waals surface area contributed by atoms with Crippen LogP contribution in [0.15, 0.2) is 46.9 Å². The molecule has 0 aliphatic rings. The Morgan fingerprint density at radius 1 is 1.06 bits per heavy atom. The van der Waals surface area contributed by atoms with Gasteiger partial charge in [0.15, 0.2) is 5.11 Å². The molecule has 0 saturated heterocycles. The molecule has 2 amide bonds. The molecule has 2 aromatic rings. The van der Waals surface area contributed by atoms with Crippen molar-refractivity contribution in [2.45, 2.75) is 26.3 Å². The summed E-state index contributed by atoms with van der Waals surface area (Å²) >= 11 is 8.64. The molecule has 9 heteroatoms. The van der Waals surface area contributed by atoms with Crippen LogP contribution in [0, 0.1) is 0 Å². The van der Waals surface area contributed by atoms with Crippen molar-refractivity contribution in [3.8, 4) is 5.75 Å². The van der Waals surface area contributed by atoms with E-state index in [0.29, 0.717) is 35.8 Å². The predicted molar refractivity (Wildman–Crippen MR) is 129 cm³/mol. The van der Waals surface area contributed by atoms with E-state index in [2.05, 4.69) is 31.9 Å². The van der Waals surface area contributed by atoms with Crippen molar-refractivity contribution in [1.82, 2.24) is 10.6 Å². The maximum absolute atomic E-state index is 12.7. The van der Waals surface area contributed by atoms with Gasteiger partial charge in [0.05, 0.1) is 12.2 Å². The fourth-order valence-corrected chi connectivity index (χ4v) is 3.10. The summed E-state index contributed by atoms with van der Waals surface area (Å²) in [4.78, 5) is 25.1. The molecule has 0 unspecified atom stereocenters. The molecular formula is C22H26BrN3O4S. The molecule has 0 radical (unpaired) electrons. The second-order valence-electron chi connectivity index (χ2n) is 7.67. The van der Waals surface area contributed by atoms with E-state index >= 15 is 0 Å². The number of halogens is 1. The Morgan fingerprint density at radius 2 is 1.81 bits per heavy atom. The number of carbonyl (C=O) groups excluding carboxylic acids is 2. The topological polar surface area (TPSA) is 88.7 Å². The number of rotatable bonds is 7. The first-order valence-corrected chi connectivity index (χ1v) is 10.8. The average molecular weight is 508 g/mol. The molecule has 3 N–H and O–H groups in total. The molecule has 0 heterocycles. The zero-order valence-electron chi connectivity index (χ0n) is 17.9. The van der Waals surface area contributed by atoms with E-state index in [1.807, 2.05) is 20.8 Å².